The van der Waals surface area contributed by atoms with Gasteiger partial charge in [0.25, 0.3) is 11.5 Å². The average molecular weight is 545 g/mol. The number of aromatic nitrogens is 2. The molecule has 202 valence electrons. The Morgan fingerprint density at radius 1 is 1.26 bits per heavy atom. The van der Waals surface area contributed by atoms with Crippen molar-refractivity contribution >= 4 is 33.7 Å². The molecule has 1 amide bonds. The van der Waals surface area contributed by atoms with Gasteiger partial charge in [-0.1, -0.05) is 37.3 Å². The Morgan fingerprint density at radius 3 is 2.87 bits per heavy atom. The van der Waals surface area contributed by atoms with Crippen LogP contribution in [0.15, 0.2) is 64.8 Å². The first-order valence-corrected chi connectivity index (χ1v) is 13.9. The van der Waals surface area contributed by atoms with Crippen LogP contribution in [0, 0.1) is 5.92 Å². The highest BCUT2D eigenvalue weighted by Crippen LogP contribution is 2.35. The molecule has 0 aliphatic heterocycles. The summed E-state index contributed by atoms with van der Waals surface area (Å²) in [5.74, 6) is 1.42. The first kappa shape index (κ1) is 26.6. The molecule has 1 aliphatic rings. The molecule has 8 nitrogen and oxygen atoms in total. The fourth-order valence-corrected chi connectivity index (χ4v) is 6.16. The van der Waals surface area contributed by atoms with Gasteiger partial charge < -0.3 is 9.47 Å². The second kappa shape index (κ2) is 11.8. The molecule has 0 saturated carbocycles. The van der Waals surface area contributed by atoms with Crippen LogP contribution in [0.5, 0.6) is 11.5 Å². The van der Waals surface area contributed by atoms with Gasteiger partial charge in [0.1, 0.15) is 10.9 Å². The molecule has 9 heteroatoms. The van der Waals surface area contributed by atoms with E-state index in [2.05, 4.69) is 34.6 Å². The smallest absolute Gasteiger partial charge is 0.263 e. The van der Waals surface area contributed by atoms with E-state index < -0.39 is 11.9 Å². The van der Waals surface area contributed by atoms with Gasteiger partial charge in [0.05, 0.1) is 31.6 Å². The maximum atomic E-state index is 13.3. The number of fused-ring (bicyclic) bond motifs is 3. The zero-order valence-electron chi connectivity index (χ0n) is 22.3. The van der Waals surface area contributed by atoms with Gasteiger partial charge >= 0.3 is 0 Å². The van der Waals surface area contributed by atoms with Crippen molar-refractivity contribution in [2.24, 2.45) is 11.0 Å². The average Bonchev–Trinajstić information content (AvgIpc) is 3.32. The maximum Gasteiger partial charge on any atom is 0.263 e. The van der Waals surface area contributed by atoms with Crippen LogP contribution in [0.3, 0.4) is 0 Å². The van der Waals surface area contributed by atoms with Crippen LogP contribution in [-0.4, -0.2) is 35.4 Å². The number of nitrogens with one attached hydrogen (secondary N) is 1. The van der Waals surface area contributed by atoms with E-state index in [0.717, 1.165) is 41.6 Å². The topological polar surface area (TPSA) is 94.8 Å². The van der Waals surface area contributed by atoms with Crippen LogP contribution in [-0.2, 0) is 24.1 Å². The molecule has 2 heterocycles. The van der Waals surface area contributed by atoms with Gasteiger partial charge in [-0.3, -0.25) is 14.2 Å². The minimum Gasteiger partial charge on any atom is -0.493 e. The predicted molar refractivity (Wildman–Crippen MR) is 154 cm³/mol. The molecule has 0 saturated heterocycles. The number of thiophene rings is 1. The number of carbonyl (C=O) groups excluding carboxylic acids is 1. The third kappa shape index (κ3) is 5.88. The fraction of sp³-hybridized carbons (Fsp3) is 0.333. The lowest BCUT2D eigenvalue weighted by Crippen LogP contribution is -2.34. The van der Waals surface area contributed by atoms with Crippen LogP contribution in [0.25, 0.3) is 10.2 Å². The Hall–Kier alpha value is -3.98. The van der Waals surface area contributed by atoms with Crippen LogP contribution < -0.4 is 20.5 Å². The third-order valence-corrected chi connectivity index (χ3v) is 8.27. The first-order chi connectivity index (χ1) is 18.9. The van der Waals surface area contributed by atoms with Gasteiger partial charge in [-0.05, 0) is 67.0 Å². The number of hydrogen-bond donors (Lipinski definition) is 1. The molecule has 0 radical (unpaired) electrons. The molecule has 2 aromatic heterocycles. The lowest BCUT2D eigenvalue weighted by atomic mass is 9.89. The van der Waals surface area contributed by atoms with Crippen molar-refractivity contribution in [1.29, 1.82) is 0 Å². The Labute approximate surface area is 231 Å². The molecule has 2 atom stereocenters. The highest BCUT2D eigenvalue weighted by Gasteiger charge is 2.25. The van der Waals surface area contributed by atoms with E-state index >= 15 is 0 Å². The number of methoxy groups -OCH3 is 1. The van der Waals surface area contributed by atoms with Gasteiger partial charge in [-0.15, -0.1) is 11.3 Å². The van der Waals surface area contributed by atoms with E-state index in [1.165, 1.54) is 27.5 Å². The number of amides is 1. The van der Waals surface area contributed by atoms with Crippen molar-refractivity contribution in [2.45, 2.75) is 45.6 Å². The number of ether oxygens (including phenoxy) is 2. The van der Waals surface area contributed by atoms with Gasteiger partial charge in [-0.25, -0.2) is 10.4 Å². The number of rotatable bonds is 9. The summed E-state index contributed by atoms with van der Waals surface area (Å²) in [5, 5.41) is 4.76. The predicted octanol–water partition coefficient (Wildman–Crippen LogP) is 4.92. The Bertz CT molecular complexity index is 1560. The zero-order chi connectivity index (χ0) is 27.4. The van der Waals surface area contributed by atoms with Crippen molar-refractivity contribution in [1.82, 2.24) is 15.0 Å². The monoisotopic (exact) mass is 544 g/mol. The summed E-state index contributed by atoms with van der Waals surface area (Å²) < 4.78 is 12.8. The Balaban J connectivity index is 1.23. The minimum atomic E-state index is -0.764. The lowest BCUT2D eigenvalue weighted by Gasteiger charge is -2.18. The fourth-order valence-electron chi connectivity index (χ4n) is 4.82. The van der Waals surface area contributed by atoms with Crippen LogP contribution >= 0.6 is 11.3 Å². The minimum absolute atomic E-state index is 0.175. The van der Waals surface area contributed by atoms with Crippen molar-refractivity contribution in [3.8, 4) is 11.5 Å². The van der Waals surface area contributed by atoms with E-state index in [4.69, 9.17) is 9.47 Å². The molecule has 1 aliphatic carbocycles. The normalized spacial score (nSPS) is 15.7. The zero-order valence-corrected chi connectivity index (χ0v) is 23.2. The number of aryl methyl sites for hydroxylation is 1. The highest BCUT2D eigenvalue weighted by atomic mass is 32.1. The molecule has 0 bridgehead atoms. The van der Waals surface area contributed by atoms with Gasteiger partial charge in [0, 0.05) is 11.3 Å². The molecular weight excluding hydrogens is 512 g/mol. The second-order valence-corrected chi connectivity index (χ2v) is 11.0. The summed E-state index contributed by atoms with van der Waals surface area (Å²) in [6, 6.07) is 14.8. The number of hydrogen-bond acceptors (Lipinski definition) is 7. The Kier molecular flexibility index (Phi) is 8.07. The molecule has 2 unspecified atom stereocenters. The van der Waals surface area contributed by atoms with E-state index in [1.54, 1.807) is 31.4 Å². The third-order valence-electron chi connectivity index (χ3n) is 7.10. The molecule has 2 aromatic carbocycles. The molecule has 0 spiro atoms. The van der Waals surface area contributed by atoms with Crippen LogP contribution in [0.1, 0.15) is 47.9 Å². The summed E-state index contributed by atoms with van der Waals surface area (Å²) >= 11 is 1.60. The number of carbonyl (C=O) groups is 1. The Morgan fingerprint density at radius 2 is 2.08 bits per heavy atom. The number of nitrogens with zero attached hydrogens (tertiary/aromatic N) is 3. The van der Waals surface area contributed by atoms with Crippen molar-refractivity contribution in [2.75, 3.05) is 13.7 Å². The van der Waals surface area contributed by atoms with Gasteiger partial charge in [0.15, 0.2) is 11.5 Å². The molecule has 5 rings (SSSR count). The number of hydrazone groups is 1. The summed E-state index contributed by atoms with van der Waals surface area (Å²) in [7, 11) is 1.58. The maximum absolute atomic E-state index is 13.3. The van der Waals surface area contributed by atoms with Crippen molar-refractivity contribution in [3.63, 3.8) is 0 Å². The molecule has 39 heavy (non-hydrogen) atoms. The standard InChI is InChI=1S/C30H32N4O4S/c1-19-9-11-23-26(15-19)39-29-27(23)30(36)34(18-31-29)20(2)28(35)33-32-17-22-10-12-24(25(16-22)37-3)38-14-13-21-7-5-4-6-8-21/h4-8,10,12,16-20H,9,11,13-15H2,1-3H3,(H,33,35)/b32-17+. The SMILES string of the molecule is COc1cc(/C=N/NC(=O)C(C)n2cnc3sc4c(c3c2=O)CCC(C)C4)ccc1OCCc1ccccc1. The van der Waals surface area contributed by atoms with Gasteiger partial charge in [-0.2, -0.15) is 5.10 Å². The second-order valence-electron chi connectivity index (χ2n) is 9.89. The summed E-state index contributed by atoms with van der Waals surface area (Å²) in [6.07, 6.45) is 6.70. The van der Waals surface area contributed by atoms with Crippen molar-refractivity contribution in [3.05, 3.63) is 86.8 Å². The highest BCUT2D eigenvalue weighted by molar-refractivity contribution is 7.18. The molecule has 1 N–H and O–H groups in total. The lowest BCUT2D eigenvalue weighted by molar-refractivity contribution is -0.123. The summed E-state index contributed by atoms with van der Waals surface area (Å²) in [4.78, 5) is 32.7. The van der Waals surface area contributed by atoms with Crippen LogP contribution in [0.2, 0.25) is 0 Å². The van der Waals surface area contributed by atoms with E-state index in [-0.39, 0.29) is 5.56 Å². The summed E-state index contributed by atoms with van der Waals surface area (Å²) in [6.45, 7) is 4.43. The van der Waals surface area contributed by atoms with Crippen molar-refractivity contribution < 1.29 is 14.3 Å². The quantitative estimate of drug-likeness (QED) is 0.238. The van der Waals surface area contributed by atoms with Crippen LogP contribution in [0.4, 0.5) is 0 Å². The molecule has 4 aromatic rings. The molecule has 0 fully saturated rings. The van der Waals surface area contributed by atoms with E-state index in [1.807, 2.05) is 30.3 Å². The molecular formula is C30H32N4O4S. The first-order valence-electron chi connectivity index (χ1n) is 13.1. The summed E-state index contributed by atoms with van der Waals surface area (Å²) in [5.41, 5.74) is 5.41. The van der Waals surface area contributed by atoms with E-state index in [0.29, 0.717) is 29.4 Å². The van der Waals surface area contributed by atoms with Gasteiger partial charge in [0.2, 0.25) is 0 Å². The number of benzene rings is 2. The largest absolute Gasteiger partial charge is 0.493 e. The van der Waals surface area contributed by atoms with E-state index in [9.17, 15) is 9.59 Å².